The maximum Gasteiger partial charge on any atom is 0.409 e. The van der Waals surface area contributed by atoms with Gasteiger partial charge in [0.2, 0.25) is 0 Å². The average Bonchev–Trinajstić information content (AvgIpc) is 2.70. The summed E-state index contributed by atoms with van der Waals surface area (Å²) in [4.78, 5) is 28.2. The second-order valence-corrected chi connectivity index (χ2v) is 8.49. The van der Waals surface area contributed by atoms with Gasteiger partial charge in [0.25, 0.3) is 5.56 Å². The van der Waals surface area contributed by atoms with Crippen molar-refractivity contribution < 1.29 is 14.6 Å². The van der Waals surface area contributed by atoms with Crippen LogP contribution in [0.5, 0.6) is 5.75 Å². The molecule has 1 aromatic carbocycles. The van der Waals surface area contributed by atoms with Crippen LogP contribution < -0.4 is 5.56 Å². The Morgan fingerprint density at radius 3 is 2.38 bits per heavy atom. The highest BCUT2D eigenvalue weighted by molar-refractivity contribution is 9.11. The van der Waals surface area contributed by atoms with Crippen LogP contribution in [0.15, 0.2) is 44.2 Å². The summed E-state index contributed by atoms with van der Waals surface area (Å²) < 4.78 is 8.30. The number of amides is 1. The van der Waals surface area contributed by atoms with Crippen LogP contribution in [0, 0.1) is 0 Å². The summed E-state index contributed by atoms with van der Waals surface area (Å²) in [6, 6.07) is 7.51. The first-order valence-electron chi connectivity index (χ1n) is 9.39. The van der Waals surface area contributed by atoms with E-state index in [1.807, 2.05) is 18.2 Å². The summed E-state index contributed by atoms with van der Waals surface area (Å²) in [6.45, 7) is 5.38. The van der Waals surface area contributed by atoms with Gasteiger partial charge in [0.15, 0.2) is 5.75 Å². The third-order valence-electron chi connectivity index (χ3n) is 4.91. The first kappa shape index (κ1) is 21.9. The minimum Gasteiger partial charge on any atom is -0.503 e. The first-order chi connectivity index (χ1) is 13.9. The Hall–Kier alpha value is -1.84. The number of carbonyl (C=O) groups is 1. The van der Waals surface area contributed by atoms with Crippen molar-refractivity contribution in [3.63, 3.8) is 0 Å². The molecule has 7 nitrogen and oxygen atoms in total. The molecule has 2 heterocycles. The van der Waals surface area contributed by atoms with Crippen LogP contribution >= 0.6 is 31.9 Å². The fourth-order valence-electron chi connectivity index (χ4n) is 3.25. The summed E-state index contributed by atoms with van der Waals surface area (Å²) in [7, 11) is 0. The zero-order valence-corrected chi connectivity index (χ0v) is 19.3. The highest BCUT2D eigenvalue weighted by Crippen LogP contribution is 2.26. The van der Waals surface area contributed by atoms with Crippen molar-refractivity contribution in [1.82, 2.24) is 14.4 Å². The second kappa shape index (κ2) is 9.77. The summed E-state index contributed by atoms with van der Waals surface area (Å²) in [5, 5.41) is 10.5. The maximum atomic E-state index is 12.7. The summed E-state index contributed by atoms with van der Waals surface area (Å²) >= 11 is 7.00. The van der Waals surface area contributed by atoms with Gasteiger partial charge in [-0.15, -0.1) is 0 Å². The lowest BCUT2D eigenvalue weighted by atomic mass is 10.2. The quantitative estimate of drug-likeness (QED) is 0.643. The van der Waals surface area contributed by atoms with Gasteiger partial charge >= 0.3 is 6.09 Å². The maximum absolute atomic E-state index is 12.7. The molecule has 1 fully saturated rings. The Balaban J connectivity index is 1.68. The van der Waals surface area contributed by atoms with E-state index >= 15 is 0 Å². The number of rotatable bonds is 5. The van der Waals surface area contributed by atoms with Crippen molar-refractivity contribution in [2.75, 3.05) is 32.8 Å². The van der Waals surface area contributed by atoms with E-state index in [4.69, 9.17) is 4.74 Å². The molecule has 0 unspecified atom stereocenters. The molecule has 9 heteroatoms. The lowest BCUT2D eigenvalue weighted by Crippen LogP contribution is -2.48. The molecule has 156 valence electrons. The van der Waals surface area contributed by atoms with E-state index < -0.39 is 5.56 Å². The fraction of sp³-hybridized carbons (Fsp3) is 0.400. The van der Waals surface area contributed by atoms with Crippen molar-refractivity contribution in [2.24, 2.45) is 0 Å². The lowest BCUT2D eigenvalue weighted by Gasteiger charge is -2.34. The van der Waals surface area contributed by atoms with Crippen molar-refractivity contribution in [1.29, 1.82) is 0 Å². The van der Waals surface area contributed by atoms with Gasteiger partial charge in [0.1, 0.15) is 0 Å². The number of benzene rings is 1. The van der Waals surface area contributed by atoms with Gasteiger partial charge in [0, 0.05) is 59.0 Å². The highest BCUT2D eigenvalue weighted by Gasteiger charge is 2.23. The smallest absolute Gasteiger partial charge is 0.409 e. The number of aromatic hydroxyl groups is 1. The van der Waals surface area contributed by atoms with E-state index in [9.17, 15) is 14.7 Å². The Labute approximate surface area is 186 Å². The molecule has 29 heavy (non-hydrogen) atoms. The van der Waals surface area contributed by atoms with Crippen molar-refractivity contribution in [2.45, 2.75) is 20.0 Å². The molecule has 0 bridgehead atoms. The van der Waals surface area contributed by atoms with E-state index in [0.29, 0.717) is 51.4 Å². The van der Waals surface area contributed by atoms with Crippen LogP contribution in [-0.4, -0.2) is 58.4 Å². The fourth-order valence-corrected chi connectivity index (χ4v) is 4.50. The molecule has 0 atom stereocenters. The minimum absolute atomic E-state index is 0.233. The van der Waals surface area contributed by atoms with Gasteiger partial charge in [-0.25, -0.2) is 4.79 Å². The van der Waals surface area contributed by atoms with Crippen LogP contribution in [0.3, 0.4) is 0 Å². The molecular weight excluding hydrogens is 506 g/mol. The van der Waals surface area contributed by atoms with Gasteiger partial charge in [-0.2, -0.15) is 0 Å². The first-order valence-corrected chi connectivity index (χ1v) is 11.0. The molecule has 3 rings (SSSR count). The molecule has 0 saturated carbocycles. The lowest BCUT2D eigenvalue weighted by molar-refractivity contribution is 0.0776. The molecule has 1 amide bonds. The van der Waals surface area contributed by atoms with E-state index in [2.05, 4.69) is 36.8 Å². The molecule has 0 radical (unpaired) electrons. The molecule has 1 aliphatic heterocycles. The van der Waals surface area contributed by atoms with Crippen LogP contribution in [0.25, 0.3) is 0 Å². The zero-order valence-electron chi connectivity index (χ0n) is 16.1. The predicted molar refractivity (Wildman–Crippen MR) is 117 cm³/mol. The van der Waals surface area contributed by atoms with Crippen LogP contribution in [-0.2, 0) is 17.8 Å². The summed E-state index contributed by atoms with van der Waals surface area (Å²) in [5.41, 5.74) is 1.09. The second-order valence-electron chi connectivity index (χ2n) is 6.78. The normalized spacial score (nSPS) is 14.8. The van der Waals surface area contributed by atoms with E-state index in [0.717, 1.165) is 14.5 Å². The molecular formula is C20H23Br2N3O4. The van der Waals surface area contributed by atoms with Gasteiger partial charge in [-0.05, 0) is 25.1 Å². The molecule has 1 N–H and O–H groups in total. The average molecular weight is 529 g/mol. The van der Waals surface area contributed by atoms with Crippen LogP contribution in [0.2, 0.25) is 0 Å². The molecule has 1 saturated heterocycles. The zero-order chi connectivity index (χ0) is 21.0. The predicted octanol–water partition coefficient (Wildman–Crippen LogP) is 3.40. The Morgan fingerprint density at radius 1 is 1.10 bits per heavy atom. The Morgan fingerprint density at radius 2 is 1.76 bits per heavy atom. The van der Waals surface area contributed by atoms with Gasteiger partial charge in [-0.1, -0.05) is 37.9 Å². The third kappa shape index (κ3) is 5.21. The van der Waals surface area contributed by atoms with E-state index in [1.54, 1.807) is 24.1 Å². The highest BCUT2D eigenvalue weighted by atomic mass is 79.9. The monoisotopic (exact) mass is 527 g/mol. The SMILES string of the molecule is CCOC(=O)N1CCN(Cc2ccn(Cc3c(Br)cccc3Br)c(=O)c2O)CC1. The number of nitrogens with zero attached hydrogens (tertiary/aromatic N) is 3. The summed E-state index contributed by atoms with van der Waals surface area (Å²) in [5.74, 6) is -0.233. The number of pyridine rings is 1. The Kier molecular flexibility index (Phi) is 7.37. The number of ether oxygens (including phenoxy) is 1. The number of halogens is 2. The van der Waals surface area contributed by atoms with Crippen molar-refractivity contribution in [3.05, 3.63) is 60.9 Å². The molecule has 0 aliphatic carbocycles. The van der Waals surface area contributed by atoms with Crippen LogP contribution in [0.4, 0.5) is 4.79 Å². The Bertz CT molecular complexity index is 920. The minimum atomic E-state index is -0.421. The van der Waals surface area contributed by atoms with E-state index in [1.165, 1.54) is 4.57 Å². The van der Waals surface area contributed by atoms with Gasteiger partial charge < -0.3 is 19.3 Å². The topological polar surface area (TPSA) is 75.0 Å². The van der Waals surface area contributed by atoms with Gasteiger partial charge in [-0.3, -0.25) is 9.69 Å². The molecule has 1 aliphatic rings. The third-order valence-corrected chi connectivity index (χ3v) is 6.39. The van der Waals surface area contributed by atoms with E-state index in [-0.39, 0.29) is 11.8 Å². The van der Waals surface area contributed by atoms with Crippen molar-refractivity contribution in [3.8, 4) is 5.75 Å². The number of hydrogen-bond acceptors (Lipinski definition) is 5. The van der Waals surface area contributed by atoms with Gasteiger partial charge in [0.05, 0.1) is 13.2 Å². The number of piperazine rings is 1. The summed E-state index contributed by atoms with van der Waals surface area (Å²) in [6.07, 6.45) is 1.41. The molecule has 0 spiro atoms. The number of aromatic nitrogens is 1. The standard InChI is InChI=1S/C20H23Br2N3O4/c1-2-29-20(28)24-10-8-23(9-11-24)12-14-6-7-25(19(27)18(14)26)13-15-16(21)4-3-5-17(15)22/h3-7,26H,2,8-13H2,1H3. The molecule has 1 aromatic heterocycles. The van der Waals surface area contributed by atoms with Crippen molar-refractivity contribution >= 4 is 38.0 Å². The number of carbonyl (C=O) groups excluding carboxylic acids is 1. The number of hydrogen-bond donors (Lipinski definition) is 1. The molecule has 2 aromatic rings. The van der Waals surface area contributed by atoms with Crippen LogP contribution in [0.1, 0.15) is 18.1 Å². The largest absolute Gasteiger partial charge is 0.503 e.